The van der Waals surface area contributed by atoms with Crippen LogP contribution in [0.15, 0.2) is 42.5 Å². The lowest BCUT2D eigenvalue weighted by Crippen LogP contribution is -2.16. The van der Waals surface area contributed by atoms with E-state index in [1.54, 1.807) is 6.07 Å². The molecule has 0 aliphatic rings. The first-order valence-corrected chi connectivity index (χ1v) is 9.56. The van der Waals surface area contributed by atoms with E-state index in [1.807, 2.05) is 31.2 Å². The van der Waals surface area contributed by atoms with E-state index in [0.29, 0.717) is 30.8 Å². The Bertz CT molecular complexity index is 821. The smallest absolute Gasteiger partial charge is 0.224 e. The third kappa shape index (κ3) is 6.72. The lowest BCUT2D eigenvalue weighted by Gasteiger charge is -2.19. The molecule has 0 radical (unpaired) electrons. The minimum atomic E-state index is -0.176. The summed E-state index contributed by atoms with van der Waals surface area (Å²) in [6, 6.07) is 13.6. The SMILES string of the molecule is CC(=O)Nc1ccc(C)cc1NC(=O)CCCOc1ccc(C(C)(C)C)cc1. The normalized spacial score (nSPS) is 11.0. The van der Waals surface area contributed by atoms with Crippen LogP contribution in [0.25, 0.3) is 0 Å². The molecule has 0 aromatic heterocycles. The fourth-order valence-electron chi connectivity index (χ4n) is 2.75. The number of nitrogens with one attached hydrogen (secondary N) is 2. The second-order valence-electron chi connectivity index (χ2n) is 8.00. The monoisotopic (exact) mass is 382 g/mol. The molecule has 0 atom stereocenters. The van der Waals surface area contributed by atoms with Gasteiger partial charge in [0.15, 0.2) is 0 Å². The van der Waals surface area contributed by atoms with Crippen molar-refractivity contribution in [1.29, 1.82) is 0 Å². The third-order valence-electron chi connectivity index (χ3n) is 4.30. The van der Waals surface area contributed by atoms with Crippen molar-refractivity contribution < 1.29 is 14.3 Å². The van der Waals surface area contributed by atoms with Gasteiger partial charge in [0, 0.05) is 13.3 Å². The van der Waals surface area contributed by atoms with Crippen LogP contribution in [0.4, 0.5) is 11.4 Å². The van der Waals surface area contributed by atoms with Gasteiger partial charge in [0.05, 0.1) is 18.0 Å². The molecule has 0 unspecified atom stereocenters. The molecule has 0 aliphatic heterocycles. The first kappa shape index (κ1) is 21.5. The molecule has 0 heterocycles. The molecule has 0 spiro atoms. The third-order valence-corrected chi connectivity index (χ3v) is 4.30. The van der Waals surface area contributed by atoms with Crippen LogP contribution in [0.5, 0.6) is 5.75 Å². The molecular formula is C23H30N2O3. The minimum Gasteiger partial charge on any atom is -0.494 e. The van der Waals surface area contributed by atoms with Gasteiger partial charge < -0.3 is 15.4 Å². The maximum absolute atomic E-state index is 12.2. The highest BCUT2D eigenvalue weighted by atomic mass is 16.5. The molecule has 0 bridgehead atoms. The number of amides is 2. The summed E-state index contributed by atoms with van der Waals surface area (Å²) in [6.45, 7) is 10.4. The van der Waals surface area contributed by atoms with Gasteiger partial charge >= 0.3 is 0 Å². The summed E-state index contributed by atoms with van der Waals surface area (Å²) in [5, 5.41) is 5.60. The Balaban J connectivity index is 1.82. The number of hydrogen-bond acceptors (Lipinski definition) is 3. The highest BCUT2D eigenvalue weighted by molar-refractivity contribution is 5.98. The van der Waals surface area contributed by atoms with Gasteiger partial charge in [0.25, 0.3) is 0 Å². The quantitative estimate of drug-likeness (QED) is 0.659. The van der Waals surface area contributed by atoms with Gasteiger partial charge in [-0.1, -0.05) is 39.0 Å². The Kier molecular flexibility index (Phi) is 7.21. The molecule has 2 aromatic carbocycles. The van der Waals surface area contributed by atoms with Crippen LogP contribution in [0, 0.1) is 6.92 Å². The Hall–Kier alpha value is -2.82. The van der Waals surface area contributed by atoms with Gasteiger partial charge in [-0.05, 0) is 54.2 Å². The van der Waals surface area contributed by atoms with Crippen molar-refractivity contribution in [3.8, 4) is 5.75 Å². The number of rotatable bonds is 7. The lowest BCUT2D eigenvalue weighted by atomic mass is 9.87. The summed E-state index contributed by atoms with van der Waals surface area (Å²) >= 11 is 0. The Morgan fingerprint density at radius 3 is 2.25 bits per heavy atom. The average Bonchev–Trinajstić information content (AvgIpc) is 2.60. The number of benzene rings is 2. The highest BCUT2D eigenvalue weighted by Crippen LogP contribution is 2.25. The largest absolute Gasteiger partial charge is 0.494 e. The van der Waals surface area contributed by atoms with Crippen LogP contribution < -0.4 is 15.4 Å². The molecule has 2 rings (SSSR count). The standard InChI is InChI=1S/C23H30N2O3/c1-16-8-13-20(24-17(2)26)21(15-16)25-22(27)7-6-14-28-19-11-9-18(10-12-19)23(3,4)5/h8-13,15H,6-7,14H2,1-5H3,(H,24,26)(H,25,27). The molecule has 2 aromatic rings. The van der Waals surface area contributed by atoms with E-state index in [0.717, 1.165) is 11.3 Å². The number of aryl methyl sites for hydroxylation is 1. The topological polar surface area (TPSA) is 67.4 Å². The van der Waals surface area contributed by atoms with Crippen molar-refractivity contribution in [3.05, 3.63) is 53.6 Å². The highest BCUT2D eigenvalue weighted by Gasteiger charge is 2.13. The average molecular weight is 383 g/mol. The number of anilines is 2. The predicted molar refractivity (Wildman–Crippen MR) is 114 cm³/mol. The lowest BCUT2D eigenvalue weighted by molar-refractivity contribution is -0.116. The predicted octanol–water partition coefficient (Wildman–Crippen LogP) is 5.05. The zero-order valence-electron chi connectivity index (χ0n) is 17.4. The Morgan fingerprint density at radius 2 is 1.64 bits per heavy atom. The first-order valence-electron chi connectivity index (χ1n) is 9.56. The number of hydrogen-bond donors (Lipinski definition) is 2. The summed E-state index contributed by atoms with van der Waals surface area (Å²) < 4.78 is 5.73. The summed E-state index contributed by atoms with van der Waals surface area (Å²) in [4.78, 5) is 23.6. The second kappa shape index (κ2) is 9.40. The van der Waals surface area contributed by atoms with E-state index in [4.69, 9.17) is 4.74 Å². The van der Waals surface area contributed by atoms with Crippen LogP contribution in [0.3, 0.4) is 0 Å². The van der Waals surface area contributed by atoms with Gasteiger partial charge in [-0.3, -0.25) is 9.59 Å². The fraction of sp³-hybridized carbons (Fsp3) is 0.391. The number of ether oxygens (including phenoxy) is 1. The molecule has 2 N–H and O–H groups in total. The van der Waals surface area contributed by atoms with Crippen LogP contribution in [-0.2, 0) is 15.0 Å². The van der Waals surface area contributed by atoms with Crippen molar-refractivity contribution >= 4 is 23.2 Å². The first-order chi connectivity index (χ1) is 13.1. The van der Waals surface area contributed by atoms with Gasteiger partial charge in [-0.2, -0.15) is 0 Å². The van der Waals surface area contributed by atoms with Gasteiger partial charge in [-0.25, -0.2) is 0 Å². The molecular weight excluding hydrogens is 352 g/mol. The number of carbonyl (C=O) groups is 2. The molecule has 5 heteroatoms. The maximum atomic E-state index is 12.2. The summed E-state index contributed by atoms with van der Waals surface area (Å²) in [7, 11) is 0. The van der Waals surface area contributed by atoms with E-state index < -0.39 is 0 Å². The van der Waals surface area contributed by atoms with Crippen LogP contribution in [0.2, 0.25) is 0 Å². The van der Waals surface area contributed by atoms with E-state index in [9.17, 15) is 9.59 Å². The molecule has 150 valence electrons. The Morgan fingerprint density at radius 1 is 0.964 bits per heavy atom. The van der Waals surface area contributed by atoms with Gasteiger partial charge in [-0.15, -0.1) is 0 Å². The zero-order chi connectivity index (χ0) is 20.7. The van der Waals surface area contributed by atoms with E-state index in [1.165, 1.54) is 12.5 Å². The molecule has 0 saturated carbocycles. The van der Waals surface area contributed by atoms with Gasteiger partial charge in [0.1, 0.15) is 5.75 Å². The van der Waals surface area contributed by atoms with Crippen molar-refractivity contribution in [2.75, 3.05) is 17.2 Å². The van der Waals surface area contributed by atoms with Crippen molar-refractivity contribution in [2.45, 2.75) is 52.9 Å². The zero-order valence-corrected chi connectivity index (χ0v) is 17.4. The summed E-state index contributed by atoms with van der Waals surface area (Å²) in [6.07, 6.45) is 0.946. The molecule has 5 nitrogen and oxygen atoms in total. The summed E-state index contributed by atoms with van der Waals surface area (Å²) in [5.41, 5.74) is 3.59. The molecule has 0 aliphatic carbocycles. The van der Waals surface area contributed by atoms with Crippen molar-refractivity contribution in [2.24, 2.45) is 0 Å². The van der Waals surface area contributed by atoms with Crippen molar-refractivity contribution in [1.82, 2.24) is 0 Å². The van der Waals surface area contributed by atoms with Crippen LogP contribution >= 0.6 is 0 Å². The molecule has 2 amide bonds. The minimum absolute atomic E-state index is 0.108. The molecule has 0 fully saturated rings. The van der Waals surface area contributed by atoms with Crippen molar-refractivity contribution in [3.63, 3.8) is 0 Å². The summed E-state index contributed by atoms with van der Waals surface area (Å²) in [5.74, 6) is 0.522. The molecule has 0 saturated heterocycles. The maximum Gasteiger partial charge on any atom is 0.224 e. The fourth-order valence-corrected chi connectivity index (χ4v) is 2.75. The second-order valence-corrected chi connectivity index (χ2v) is 8.00. The van der Waals surface area contributed by atoms with E-state index >= 15 is 0 Å². The van der Waals surface area contributed by atoms with Gasteiger partial charge in [0.2, 0.25) is 11.8 Å². The van der Waals surface area contributed by atoms with Crippen LogP contribution in [-0.4, -0.2) is 18.4 Å². The van der Waals surface area contributed by atoms with Crippen LogP contribution in [0.1, 0.15) is 51.7 Å². The van der Waals surface area contributed by atoms with E-state index in [2.05, 4.69) is 43.5 Å². The Labute approximate surface area is 167 Å². The van der Waals surface area contributed by atoms with E-state index in [-0.39, 0.29) is 17.2 Å². The molecule has 28 heavy (non-hydrogen) atoms. The number of carbonyl (C=O) groups excluding carboxylic acids is 2.